The van der Waals surface area contributed by atoms with E-state index in [9.17, 15) is 0 Å². The van der Waals surface area contributed by atoms with Gasteiger partial charge < -0.3 is 9.47 Å². The molecular formula is C18H28BrClO2. The van der Waals surface area contributed by atoms with E-state index in [1.165, 1.54) is 25.7 Å². The minimum absolute atomic E-state index is 0.588. The second kappa shape index (κ2) is 10.4. The molecule has 2 nitrogen and oxygen atoms in total. The van der Waals surface area contributed by atoms with Gasteiger partial charge in [0.25, 0.3) is 0 Å². The van der Waals surface area contributed by atoms with E-state index < -0.39 is 0 Å². The molecule has 0 saturated carbocycles. The van der Waals surface area contributed by atoms with Gasteiger partial charge >= 0.3 is 0 Å². The van der Waals surface area contributed by atoms with Crippen molar-refractivity contribution < 1.29 is 9.47 Å². The molecule has 0 aliphatic heterocycles. The summed E-state index contributed by atoms with van der Waals surface area (Å²) in [5.74, 6) is 3.00. The Kier molecular flexibility index (Phi) is 9.27. The third-order valence-electron chi connectivity index (χ3n) is 3.78. The van der Waals surface area contributed by atoms with Gasteiger partial charge in [-0.2, -0.15) is 0 Å². The van der Waals surface area contributed by atoms with Crippen molar-refractivity contribution >= 4 is 27.5 Å². The Morgan fingerprint density at radius 3 is 2.36 bits per heavy atom. The number of ether oxygens (including phenoxy) is 2. The molecule has 22 heavy (non-hydrogen) atoms. The van der Waals surface area contributed by atoms with Crippen molar-refractivity contribution in [1.29, 1.82) is 0 Å². The number of methoxy groups -OCH3 is 1. The molecule has 0 heterocycles. The molecule has 126 valence electrons. The third-order valence-corrected chi connectivity index (χ3v) is 4.70. The summed E-state index contributed by atoms with van der Waals surface area (Å²) in [5, 5.41) is 0.588. The molecular weight excluding hydrogens is 364 g/mol. The van der Waals surface area contributed by atoms with Crippen molar-refractivity contribution in [3.05, 3.63) is 21.6 Å². The van der Waals surface area contributed by atoms with Crippen LogP contribution in [0.3, 0.4) is 0 Å². The highest BCUT2D eigenvalue weighted by Gasteiger charge is 2.09. The highest BCUT2D eigenvalue weighted by molar-refractivity contribution is 9.10. The van der Waals surface area contributed by atoms with Gasteiger partial charge in [0, 0.05) is 6.07 Å². The average molecular weight is 392 g/mol. The van der Waals surface area contributed by atoms with Crippen LogP contribution in [0.5, 0.6) is 11.5 Å². The van der Waals surface area contributed by atoms with Gasteiger partial charge in [-0.15, -0.1) is 0 Å². The smallest absolute Gasteiger partial charge is 0.139 e. The Balaban J connectivity index is 2.28. The summed E-state index contributed by atoms with van der Waals surface area (Å²) in [6.45, 7) is 7.61. The van der Waals surface area contributed by atoms with Crippen molar-refractivity contribution in [2.45, 2.75) is 52.9 Å². The van der Waals surface area contributed by atoms with Crippen LogP contribution in [0.1, 0.15) is 52.9 Å². The van der Waals surface area contributed by atoms with Crippen LogP contribution in [0.4, 0.5) is 0 Å². The molecule has 1 atom stereocenters. The molecule has 0 amide bonds. The first-order chi connectivity index (χ1) is 10.4. The van der Waals surface area contributed by atoms with E-state index in [2.05, 4.69) is 36.7 Å². The van der Waals surface area contributed by atoms with Gasteiger partial charge in [0.15, 0.2) is 0 Å². The van der Waals surface area contributed by atoms with Gasteiger partial charge in [-0.3, -0.25) is 0 Å². The maximum absolute atomic E-state index is 6.19. The Morgan fingerprint density at radius 1 is 1.05 bits per heavy atom. The summed E-state index contributed by atoms with van der Waals surface area (Å²) in [5.41, 5.74) is 0. The van der Waals surface area contributed by atoms with Gasteiger partial charge in [0.2, 0.25) is 0 Å². The average Bonchev–Trinajstić information content (AvgIpc) is 2.46. The summed E-state index contributed by atoms with van der Waals surface area (Å²) < 4.78 is 11.9. The Hall–Kier alpha value is -0.410. The zero-order valence-electron chi connectivity index (χ0n) is 14.1. The van der Waals surface area contributed by atoms with Crippen LogP contribution >= 0.6 is 27.5 Å². The maximum Gasteiger partial charge on any atom is 0.139 e. The number of rotatable bonds is 10. The molecule has 0 radical (unpaired) electrons. The lowest BCUT2D eigenvalue weighted by Crippen LogP contribution is -2.03. The second-order valence-electron chi connectivity index (χ2n) is 6.34. The molecule has 0 bridgehead atoms. The van der Waals surface area contributed by atoms with Crippen molar-refractivity contribution in [1.82, 2.24) is 0 Å². The van der Waals surface area contributed by atoms with Crippen LogP contribution in [0.25, 0.3) is 0 Å². The van der Waals surface area contributed by atoms with Crippen molar-refractivity contribution in [3.8, 4) is 11.5 Å². The molecule has 0 aliphatic rings. The van der Waals surface area contributed by atoms with Gasteiger partial charge in [0.1, 0.15) is 11.5 Å². The van der Waals surface area contributed by atoms with E-state index in [0.29, 0.717) is 17.4 Å². The predicted octanol–water partition coefficient (Wildman–Crippen LogP) is 6.73. The summed E-state index contributed by atoms with van der Waals surface area (Å²) in [6, 6.07) is 3.64. The van der Waals surface area contributed by atoms with Gasteiger partial charge in [-0.25, -0.2) is 0 Å². The lowest BCUT2D eigenvalue weighted by Gasteiger charge is -2.14. The molecule has 0 saturated heterocycles. The third kappa shape index (κ3) is 7.23. The molecule has 0 aromatic heterocycles. The quantitative estimate of drug-likeness (QED) is 0.411. The van der Waals surface area contributed by atoms with Crippen LogP contribution in [0, 0.1) is 11.8 Å². The monoisotopic (exact) mass is 390 g/mol. The molecule has 0 spiro atoms. The highest BCUT2D eigenvalue weighted by Crippen LogP contribution is 2.35. The maximum atomic E-state index is 6.19. The molecule has 1 rings (SSSR count). The first-order valence-corrected chi connectivity index (χ1v) is 9.27. The lowest BCUT2D eigenvalue weighted by atomic mass is 9.96. The van der Waals surface area contributed by atoms with E-state index in [-0.39, 0.29) is 0 Å². The van der Waals surface area contributed by atoms with Crippen LogP contribution < -0.4 is 9.47 Å². The number of benzene rings is 1. The fraction of sp³-hybridized carbons (Fsp3) is 0.667. The standard InChI is InChI=1S/C18H28BrClO2/c1-13(2)7-5-8-14(3)9-6-10-22-18-11-15(19)17(21-4)12-16(18)20/h11-14H,5-10H2,1-4H3/t14-/m0/s1. The van der Waals surface area contributed by atoms with Gasteiger partial charge in [-0.1, -0.05) is 51.6 Å². The first-order valence-electron chi connectivity index (χ1n) is 8.09. The molecule has 0 unspecified atom stereocenters. The zero-order valence-corrected chi connectivity index (χ0v) is 16.5. The summed E-state index contributed by atoms with van der Waals surface area (Å²) >= 11 is 9.64. The van der Waals surface area contributed by atoms with E-state index in [0.717, 1.165) is 28.5 Å². The molecule has 1 aromatic rings. The van der Waals surface area contributed by atoms with Crippen molar-refractivity contribution in [3.63, 3.8) is 0 Å². The van der Waals surface area contributed by atoms with E-state index in [1.807, 2.05) is 6.07 Å². The Bertz CT molecular complexity index is 449. The molecule has 1 aromatic carbocycles. The van der Waals surface area contributed by atoms with Crippen molar-refractivity contribution in [2.75, 3.05) is 13.7 Å². The van der Waals surface area contributed by atoms with Crippen LogP contribution in [-0.4, -0.2) is 13.7 Å². The molecule has 4 heteroatoms. The predicted molar refractivity (Wildman–Crippen MR) is 98.3 cm³/mol. The minimum Gasteiger partial charge on any atom is -0.496 e. The minimum atomic E-state index is 0.588. The summed E-state index contributed by atoms with van der Waals surface area (Å²) in [6.07, 6.45) is 6.23. The van der Waals surface area contributed by atoms with E-state index >= 15 is 0 Å². The van der Waals surface area contributed by atoms with E-state index in [4.69, 9.17) is 21.1 Å². The summed E-state index contributed by atoms with van der Waals surface area (Å²) in [4.78, 5) is 0. The lowest BCUT2D eigenvalue weighted by molar-refractivity contribution is 0.290. The molecule has 0 N–H and O–H groups in total. The normalized spacial score (nSPS) is 12.5. The summed E-state index contributed by atoms with van der Waals surface area (Å²) in [7, 11) is 1.62. The molecule has 0 aliphatic carbocycles. The first kappa shape index (κ1) is 19.6. The number of halogens is 2. The van der Waals surface area contributed by atoms with E-state index in [1.54, 1.807) is 13.2 Å². The Morgan fingerprint density at radius 2 is 1.73 bits per heavy atom. The number of hydrogen-bond donors (Lipinski definition) is 0. The van der Waals surface area contributed by atoms with Gasteiger partial charge in [-0.05, 0) is 46.7 Å². The van der Waals surface area contributed by atoms with Crippen LogP contribution in [0.2, 0.25) is 5.02 Å². The van der Waals surface area contributed by atoms with Crippen LogP contribution in [0.15, 0.2) is 16.6 Å². The van der Waals surface area contributed by atoms with Crippen LogP contribution in [-0.2, 0) is 0 Å². The topological polar surface area (TPSA) is 18.5 Å². The molecule has 0 fully saturated rings. The van der Waals surface area contributed by atoms with Crippen molar-refractivity contribution in [2.24, 2.45) is 11.8 Å². The van der Waals surface area contributed by atoms with Gasteiger partial charge in [0.05, 0.1) is 23.2 Å². The number of hydrogen-bond acceptors (Lipinski definition) is 2. The fourth-order valence-electron chi connectivity index (χ4n) is 2.41. The largest absolute Gasteiger partial charge is 0.496 e. The zero-order chi connectivity index (χ0) is 16.5. The SMILES string of the molecule is COc1cc(Cl)c(OCCC[C@@H](C)CCCC(C)C)cc1Br. The second-order valence-corrected chi connectivity index (χ2v) is 7.60. The highest BCUT2D eigenvalue weighted by atomic mass is 79.9. The fourth-order valence-corrected chi connectivity index (χ4v) is 3.10. The Labute approximate surface area is 148 Å².